The summed E-state index contributed by atoms with van der Waals surface area (Å²) in [5.74, 6) is 0. The van der Waals surface area contributed by atoms with Crippen molar-refractivity contribution in [2.75, 3.05) is 26.2 Å². The minimum absolute atomic E-state index is 1.06. The van der Waals surface area contributed by atoms with E-state index in [0.29, 0.717) is 0 Å². The maximum atomic E-state index is 3.43. The SMILES string of the molecule is CCCNCCNCCc1ccccc1. The standard InChI is InChI=1S/C13H22N2/c1-2-9-14-11-12-15-10-8-13-6-4-3-5-7-13/h3-7,14-15H,2,8-12H2,1H3. The van der Waals surface area contributed by atoms with E-state index in [2.05, 4.69) is 47.9 Å². The van der Waals surface area contributed by atoms with Gasteiger partial charge in [0, 0.05) is 13.1 Å². The molecule has 0 aliphatic heterocycles. The smallest absolute Gasteiger partial charge is 0.00768 e. The Morgan fingerprint density at radius 1 is 0.867 bits per heavy atom. The van der Waals surface area contributed by atoms with Crippen LogP contribution in [-0.4, -0.2) is 26.2 Å². The molecule has 15 heavy (non-hydrogen) atoms. The van der Waals surface area contributed by atoms with Gasteiger partial charge >= 0.3 is 0 Å². The highest BCUT2D eigenvalue weighted by atomic mass is 14.9. The Morgan fingerprint density at radius 2 is 1.53 bits per heavy atom. The second-order valence-corrected chi connectivity index (χ2v) is 3.74. The molecule has 0 fully saturated rings. The molecule has 2 heteroatoms. The van der Waals surface area contributed by atoms with Crippen LogP contribution in [0.3, 0.4) is 0 Å². The van der Waals surface area contributed by atoms with Crippen LogP contribution in [0.1, 0.15) is 18.9 Å². The molecule has 0 spiro atoms. The van der Waals surface area contributed by atoms with Crippen molar-refractivity contribution >= 4 is 0 Å². The summed E-state index contributed by atoms with van der Waals surface area (Å²) >= 11 is 0. The van der Waals surface area contributed by atoms with E-state index in [9.17, 15) is 0 Å². The van der Waals surface area contributed by atoms with Crippen LogP contribution in [0.4, 0.5) is 0 Å². The van der Waals surface area contributed by atoms with E-state index in [-0.39, 0.29) is 0 Å². The first-order chi connectivity index (χ1) is 7.43. The average Bonchev–Trinajstić information content (AvgIpc) is 2.29. The monoisotopic (exact) mass is 206 g/mol. The summed E-state index contributed by atoms with van der Waals surface area (Å²) in [7, 11) is 0. The third-order valence-electron chi connectivity index (χ3n) is 2.34. The summed E-state index contributed by atoms with van der Waals surface area (Å²) in [6.45, 7) is 6.52. The predicted molar refractivity (Wildman–Crippen MR) is 66.2 cm³/mol. The first kappa shape index (κ1) is 12.2. The van der Waals surface area contributed by atoms with Crippen LogP contribution in [0.5, 0.6) is 0 Å². The zero-order chi connectivity index (χ0) is 10.8. The van der Waals surface area contributed by atoms with E-state index < -0.39 is 0 Å². The van der Waals surface area contributed by atoms with Crippen LogP contribution >= 0.6 is 0 Å². The summed E-state index contributed by atoms with van der Waals surface area (Å²) in [4.78, 5) is 0. The van der Waals surface area contributed by atoms with Gasteiger partial charge in [-0.1, -0.05) is 37.3 Å². The summed E-state index contributed by atoms with van der Waals surface area (Å²) in [6.07, 6.45) is 2.33. The van der Waals surface area contributed by atoms with E-state index in [1.54, 1.807) is 0 Å². The molecule has 0 unspecified atom stereocenters. The lowest BCUT2D eigenvalue weighted by atomic mass is 10.1. The van der Waals surface area contributed by atoms with Gasteiger partial charge in [-0.25, -0.2) is 0 Å². The molecule has 0 bridgehead atoms. The highest BCUT2D eigenvalue weighted by Crippen LogP contribution is 1.97. The predicted octanol–water partition coefficient (Wildman–Crippen LogP) is 1.82. The second-order valence-electron chi connectivity index (χ2n) is 3.74. The highest BCUT2D eigenvalue weighted by Gasteiger charge is 1.90. The van der Waals surface area contributed by atoms with E-state index in [1.165, 1.54) is 12.0 Å². The van der Waals surface area contributed by atoms with Crippen molar-refractivity contribution in [1.82, 2.24) is 10.6 Å². The van der Waals surface area contributed by atoms with Gasteiger partial charge < -0.3 is 10.6 Å². The van der Waals surface area contributed by atoms with Crippen LogP contribution in [0.25, 0.3) is 0 Å². The topological polar surface area (TPSA) is 24.1 Å². The molecule has 0 aromatic heterocycles. The van der Waals surface area contributed by atoms with Crippen molar-refractivity contribution in [3.8, 4) is 0 Å². The van der Waals surface area contributed by atoms with Crippen molar-refractivity contribution < 1.29 is 0 Å². The molecular weight excluding hydrogens is 184 g/mol. The van der Waals surface area contributed by atoms with Crippen LogP contribution in [0, 0.1) is 0 Å². The Kier molecular flexibility index (Phi) is 6.88. The van der Waals surface area contributed by atoms with Crippen LogP contribution < -0.4 is 10.6 Å². The van der Waals surface area contributed by atoms with E-state index in [0.717, 1.165) is 32.6 Å². The Labute approximate surface area is 93.1 Å². The zero-order valence-corrected chi connectivity index (χ0v) is 9.63. The lowest BCUT2D eigenvalue weighted by Crippen LogP contribution is -2.29. The van der Waals surface area contributed by atoms with Gasteiger partial charge in [-0.05, 0) is 31.5 Å². The summed E-state index contributed by atoms with van der Waals surface area (Å²) in [5, 5.41) is 6.80. The van der Waals surface area contributed by atoms with Gasteiger partial charge in [0.15, 0.2) is 0 Å². The number of benzene rings is 1. The summed E-state index contributed by atoms with van der Waals surface area (Å²) in [6, 6.07) is 10.6. The minimum Gasteiger partial charge on any atom is -0.315 e. The van der Waals surface area contributed by atoms with Gasteiger partial charge in [-0.2, -0.15) is 0 Å². The van der Waals surface area contributed by atoms with Gasteiger partial charge in [0.1, 0.15) is 0 Å². The van der Waals surface area contributed by atoms with Crippen LogP contribution in [0.2, 0.25) is 0 Å². The first-order valence-electron chi connectivity index (χ1n) is 5.89. The fourth-order valence-corrected chi connectivity index (χ4v) is 1.48. The maximum Gasteiger partial charge on any atom is 0.00768 e. The van der Waals surface area contributed by atoms with Crippen molar-refractivity contribution in [3.05, 3.63) is 35.9 Å². The molecular formula is C13H22N2. The van der Waals surface area contributed by atoms with Gasteiger partial charge in [-0.3, -0.25) is 0 Å². The molecule has 1 aromatic carbocycles. The Bertz CT molecular complexity index is 234. The molecule has 2 N–H and O–H groups in total. The molecule has 0 aliphatic carbocycles. The molecule has 0 radical (unpaired) electrons. The van der Waals surface area contributed by atoms with Crippen molar-refractivity contribution in [3.63, 3.8) is 0 Å². The summed E-state index contributed by atoms with van der Waals surface area (Å²) in [5.41, 5.74) is 1.41. The Hall–Kier alpha value is -0.860. The van der Waals surface area contributed by atoms with E-state index >= 15 is 0 Å². The molecule has 1 aromatic rings. The van der Waals surface area contributed by atoms with Gasteiger partial charge in [-0.15, -0.1) is 0 Å². The number of hydrogen-bond donors (Lipinski definition) is 2. The lowest BCUT2D eigenvalue weighted by Gasteiger charge is -2.05. The number of hydrogen-bond acceptors (Lipinski definition) is 2. The fraction of sp³-hybridized carbons (Fsp3) is 0.538. The fourth-order valence-electron chi connectivity index (χ4n) is 1.48. The van der Waals surface area contributed by atoms with E-state index in [1.807, 2.05) is 0 Å². The summed E-state index contributed by atoms with van der Waals surface area (Å²) < 4.78 is 0. The molecule has 0 aliphatic rings. The number of rotatable bonds is 8. The average molecular weight is 206 g/mol. The Balaban J connectivity index is 1.93. The largest absolute Gasteiger partial charge is 0.315 e. The number of nitrogens with one attached hydrogen (secondary N) is 2. The lowest BCUT2D eigenvalue weighted by molar-refractivity contribution is 0.607. The normalized spacial score (nSPS) is 10.5. The highest BCUT2D eigenvalue weighted by molar-refractivity contribution is 5.14. The third kappa shape index (κ3) is 6.26. The molecule has 1 rings (SSSR count). The molecule has 0 saturated heterocycles. The Morgan fingerprint density at radius 3 is 2.20 bits per heavy atom. The second kappa shape index (κ2) is 8.45. The van der Waals surface area contributed by atoms with Crippen LogP contribution in [-0.2, 0) is 6.42 Å². The maximum absolute atomic E-state index is 3.43. The quantitative estimate of drug-likeness (QED) is 0.634. The van der Waals surface area contributed by atoms with Gasteiger partial charge in [0.05, 0.1) is 0 Å². The molecule has 2 nitrogen and oxygen atoms in total. The van der Waals surface area contributed by atoms with Crippen molar-refractivity contribution in [2.24, 2.45) is 0 Å². The molecule has 0 atom stereocenters. The van der Waals surface area contributed by atoms with E-state index in [4.69, 9.17) is 0 Å². The molecule has 0 saturated carbocycles. The first-order valence-corrected chi connectivity index (χ1v) is 5.89. The molecule has 0 amide bonds. The van der Waals surface area contributed by atoms with Gasteiger partial charge in [0.2, 0.25) is 0 Å². The van der Waals surface area contributed by atoms with Crippen molar-refractivity contribution in [1.29, 1.82) is 0 Å². The third-order valence-corrected chi connectivity index (χ3v) is 2.34. The van der Waals surface area contributed by atoms with Gasteiger partial charge in [0.25, 0.3) is 0 Å². The molecule has 0 heterocycles. The molecule has 84 valence electrons. The van der Waals surface area contributed by atoms with Crippen LogP contribution in [0.15, 0.2) is 30.3 Å². The van der Waals surface area contributed by atoms with Crippen molar-refractivity contribution in [2.45, 2.75) is 19.8 Å². The zero-order valence-electron chi connectivity index (χ0n) is 9.63. The minimum atomic E-state index is 1.06.